The molecule has 31 heavy (non-hydrogen) atoms. The minimum Gasteiger partial charge on any atom is -0.352 e. The summed E-state index contributed by atoms with van der Waals surface area (Å²) in [5, 5.41) is 11.7. The van der Waals surface area contributed by atoms with Crippen LogP contribution >= 0.6 is 0 Å². The molecule has 7 heteroatoms. The molecule has 0 unspecified atom stereocenters. The maximum absolute atomic E-state index is 13.2. The van der Waals surface area contributed by atoms with Gasteiger partial charge in [0.1, 0.15) is 16.8 Å². The number of hydrogen-bond acceptors (Lipinski definition) is 4. The molecule has 1 aromatic carbocycles. The van der Waals surface area contributed by atoms with Gasteiger partial charge in [0.2, 0.25) is 0 Å². The third-order valence-corrected chi connectivity index (χ3v) is 5.15. The van der Waals surface area contributed by atoms with Crippen molar-refractivity contribution in [1.82, 2.24) is 19.3 Å². The first-order valence-electron chi connectivity index (χ1n) is 10.0. The lowest BCUT2D eigenvalue weighted by atomic mass is 10.1. The highest BCUT2D eigenvalue weighted by Gasteiger charge is 2.17. The second kappa shape index (κ2) is 8.39. The van der Waals surface area contributed by atoms with E-state index in [0.717, 1.165) is 11.1 Å². The lowest BCUT2D eigenvalue weighted by Crippen LogP contribution is -2.35. The number of fused-ring (bicyclic) bond motifs is 2. The Balaban J connectivity index is 1.78. The summed E-state index contributed by atoms with van der Waals surface area (Å²) in [5.74, 6) is -0.394. The molecule has 0 aliphatic carbocycles. The third kappa shape index (κ3) is 3.90. The molecule has 4 rings (SSSR count). The molecule has 0 spiro atoms. The van der Waals surface area contributed by atoms with Crippen LogP contribution < -0.4 is 16.4 Å². The van der Waals surface area contributed by atoms with Gasteiger partial charge in [0.05, 0.1) is 10.9 Å². The average Bonchev–Trinajstić information content (AvgIpc) is 2.77. The second-order valence-electron chi connectivity index (χ2n) is 7.39. The van der Waals surface area contributed by atoms with E-state index in [9.17, 15) is 9.59 Å². The van der Waals surface area contributed by atoms with Crippen molar-refractivity contribution < 1.29 is 4.79 Å². The van der Waals surface area contributed by atoms with E-state index in [1.165, 1.54) is 15.0 Å². The first-order chi connectivity index (χ1) is 15.0. The van der Waals surface area contributed by atoms with Crippen LogP contribution in [0.25, 0.3) is 16.7 Å². The molecule has 7 nitrogen and oxygen atoms in total. The summed E-state index contributed by atoms with van der Waals surface area (Å²) in [4.78, 5) is 30.6. The number of nitrogens with one attached hydrogen (secondary N) is 2. The van der Waals surface area contributed by atoms with Gasteiger partial charge in [-0.15, -0.1) is 6.58 Å². The van der Waals surface area contributed by atoms with Crippen LogP contribution in [0.5, 0.6) is 0 Å². The fourth-order valence-electron chi connectivity index (χ4n) is 3.58. The summed E-state index contributed by atoms with van der Waals surface area (Å²) in [5.41, 5.74) is 2.73. The molecule has 156 valence electrons. The normalized spacial score (nSPS) is 11.0. The van der Waals surface area contributed by atoms with Gasteiger partial charge in [-0.3, -0.25) is 19.4 Å². The Morgan fingerprint density at radius 1 is 1.23 bits per heavy atom. The molecule has 3 aromatic heterocycles. The molecule has 0 aliphatic heterocycles. The number of nitrogens with zero attached hydrogens (tertiary/aromatic N) is 3. The molecule has 0 radical (unpaired) electrons. The van der Waals surface area contributed by atoms with Crippen molar-refractivity contribution in [3.63, 3.8) is 0 Å². The molecule has 2 N–H and O–H groups in total. The molecule has 0 aliphatic rings. The van der Waals surface area contributed by atoms with Gasteiger partial charge in [-0.25, -0.2) is 4.98 Å². The summed E-state index contributed by atoms with van der Waals surface area (Å²) < 4.78 is 3.01. The van der Waals surface area contributed by atoms with Crippen LogP contribution in [0.4, 0.5) is 0 Å². The summed E-state index contributed by atoms with van der Waals surface area (Å²) in [6.45, 7) is 6.32. The van der Waals surface area contributed by atoms with E-state index in [0.29, 0.717) is 24.3 Å². The number of carbonyl (C=O) groups excluding carboxylic acids is 1. The monoisotopic (exact) mass is 413 g/mol. The summed E-state index contributed by atoms with van der Waals surface area (Å²) in [6, 6.07) is 15.0. The highest BCUT2D eigenvalue weighted by molar-refractivity contribution is 5.96. The van der Waals surface area contributed by atoms with Crippen molar-refractivity contribution in [2.45, 2.75) is 19.9 Å². The highest BCUT2D eigenvalue weighted by Crippen LogP contribution is 2.11. The van der Waals surface area contributed by atoms with Gasteiger partial charge in [0, 0.05) is 19.3 Å². The van der Waals surface area contributed by atoms with Gasteiger partial charge in [-0.1, -0.05) is 42.5 Å². The van der Waals surface area contributed by atoms with E-state index in [1.54, 1.807) is 18.3 Å². The van der Waals surface area contributed by atoms with Crippen LogP contribution in [0.2, 0.25) is 0 Å². The Morgan fingerprint density at radius 3 is 2.74 bits per heavy atom. The van der Waals surface area contributed by atoms with Crippen LogP contribution in [0, 0.1) is 12.3 Å². The van der Waals surface area contributed by atoms with E-state index in [4.69, 9.17) is 5.41 Å². The van der Waals surface area contributed by atoms with Crippen molar-refractivity contribution in [1.29, 1.82) is 5.41 Å². The van der Waals surface area contributed by atoms with Crippen LogP contribution in [0.15, 0.2) is 72.2 Å². The topological polar surface area (TPSA) is 92.2 Å². The number of carbonyl (C=O) groups is 1. The van der Waals surface area contributed by atoms with Crippen LogP contribution in [-0.2, 0) is 13.0 Å². The van der Waals surface area contributed by atoms with Crippen molar-refractivity contribution in [3.8, 4) is 0 Å². The molecule has 0 saturated carbocycles. The molecule has 0 fully saturated rings. The van der Waals surface area contributed by atoms with E-state index < -0.39 is 5.91 Å². The number of hydrogen-bond donors (Lipinski definition) is 2. The van der Waals surface area contributed by atoms with Gasteiger partial charge in [0.15, 0.2) is 0 Å². The third-order valence-electron chi connectivity index (χ3n) is 5.15. The predicted octanol–water partition coefficient (Wildman–Crippen LogP) is 2.60. The molecule has 0 atom stereocenters. The van der Waals surface area contributed by atoms with Gasteiger partial charge in [-0.05, 0) is 36.6 Å². The molecular formula is C24H23N5O2. The van der Waals surface area contributed by atoms with Gasteiger partial charge >= 0.3 is 0 Å². The van der Waals surface area contributed by atoms with Crippen LogP contribution in [0.1, 0.15) is 21.5 Å². The zero-order valence-corrected chi connectivity index (χ0v) is 17.3. The molecule has 0 bridgehead atoms. The van der Waals surface area contributed by atoms with Crippen molar-refractivity contribution in [2.24, 2.45) is 0 Å². The van der Waals surface area contributed by atoms with E-state index in [1.807, 2.05) is 43.3 Å². The Morgan fingerprint density at radius 2 is 2.00 bits per heavy atom. The minimum atomic E-state index is -0.394. The SMILES string of the molecule is C=CCn1c(=N)c(C(=O)NCCc2ccccc2)cc2c(=O)n3cc(C)ccc3nc21. The van der Waals surface area contributed by atoms with E-state index >= 15 is 0 Å². The Kier molecular flexibility index (Phi) is 5.49. The zero-order valence-electron chi connectivity index (χ0n) is 17.3. The molecule has 4 aromatic rings. The smallest absolute Gasteiger partial charge is 0.267 e. The maximum atomic E-state index is 13.2. The van der Waals surface area contributed by atoms with Crippen molar-refractivity contribution >= 4 is 22.6 Å². The van der Waals surface area contributed by atoms with Crippen LogP contribution in [-0.4, -0.2) is 26.4 Å². The number of aryl methyl sites for hydroxylation is 1. The molecule has 1 amide bonds. The summed E-state index contributed by atoms with van der Waals surface area (Å²) in [6.07, 6.45) is 4.01. The molecule has 0 saturated heterocycles. The van der Waals surface area contributed by atoms with Crippen LogP contribution in [0.3, 0.4) is 0 Å². The summed E-state index contributed by atoms with van der Waals surface area (Å²) >= 11 is 0. The number of rotatable bonds is 6. The van der Waals surface area contributed by atoms with Gasteiger partial charge in [0.25, 0.3) is 11.5 Å². The van der Waals surface area contributed by atoms with E-state index in [-0.39, 0.29) is 28.5 Å². The Hall–Kier alpha value is -4.00. The lowest BCUT2D eigenvalue weighted by molar-refractivity contribution is 0.0952. The highest BCUT2D eigenvalue weighted by atomic mass is 16.1. The largest absolute Gasteiger partial charge is 0.352 e. The van der Waals surface area contributed by atoms with Gasteiger partial charge < -0.3 is 9.88 Å². The fourth-order valence-corrected chi connectivity index (χ4v) is 3.58. The zero-order chi connectivity index (χ0) is 22.0. The minimum absolute atomic E-state index is 0.00651. The Bertz CT molecular complexity index is 1420. The predicted molar refractivity (Wildman–Crippen MR) is 120 cm³/mol. The fraction of sp³-hybridized carbons (Fsp3) is 0.167. The second-order valence-corrected chi connectivity index (χ2v) is 7.39. The number of benzene rings is 1. The number of aromatic nitrogens is 3. The molecular weight excluding hydrogens is 390 g/mol. The quantitative estimate of drug-likeness (QED) is 0.376. The first kappa shape index (κ1) is 20.3. The van der Waals surface area contributed by atoms with Gasteiger partial charge in [-0.2, -0.15) is 0 Å². The number of amides is 1. The standard InChI is InChI=1S/C24H23N5O2/c1-3-13-28-21(25)18(23(30)26-12-11-17-7-5-4-6-8-17)14-19-22(28)27-20-10-9-16(2)15-29(20)24(19)31/h3-10,14-15,25H,1,11-13H2,2H3,(H,26,30). The van der Waals surface area contributed by atoms with Crippen molar-refractivity contribution in [2.75, 3.05) is 6.54 Å². The first-order valence-corrected chi connectivity index (χ1v) is 10.0. The molecule has 3 heterocycles. The Labute approximate surface area is 178 Å². The lowest BCUT2D eigenvalue weighted by Gasteiger charge is -2.13. The average molecular weight is 413 g/mol. The maximum Gasteiger partial charge on any atom is 0.267 e. The number of allylic oxidation sites excluding steroid dienone is 1. The number of pyridine rings is 2. The summed E-state index contributed by atoms with van der Waals surface area (Å²) in [7, 11) is 0. The van der Waals surface area contributed by atoms with E-state index in [2.05, 4.69) is 16.9 Å². The van der Waals surface area contributed by atoms with Crippen molar-refractivity contribution in [3.05, 3.63) is 99.9 Å².